The average molecular weight is 468 g/mol. The van der Waals surface area contributed by atoms with Crippen LogP contribution in [-0.4, -0.2) is 64.1 Å². The Morgan fingerprint density at radius 1 is 0.970 bits per heavy atom. The van der Waals surface area contributed by atoms with Crippen LogP contribution < -0.4 is 10.2 Å². The predicted molar refractivity (Wildman–Crippen MR) is 128 cm³/mol. The summed E-state index contributed by atoms with van der Waals surface area (Å²) in [7, 11) is 3.82. The minimum absolute atomic E-state index is 0.0518. The Kier molecular flexibility index (Phi) is 5.86. The number of nitrogens with one attached hydrogen (secondary N) is 1. The summed E-state index contributed by atoms with van der Waals surface area (Å²) in [6, 6.07) is 4.72. The number of rotatable bonds is 5. The number of anilines is 2. The number of benzene rings is 1. The van der Waals surface area contributed by atoms with Gasteiger partial charge >= 0.3 is 0 Å². The third-order valence-corrected chi connectivity index (χ3v) is 6.74. The summed E-state index contributed by atoms with van der Waals surface area (Å²) in [5.41, 5.74) is 2.46. The first-order chi connectivity index (χ1) is 16.0. The summed E-state index contributed by atoms with van der Waals surface area (Å²) in [4.78, 5) is 17.6. The molecule has 0 saturated carbocycles. The van der Waals surface area contributed by atoms with Crippen molar-refractivity contribution >= 4 is 34.2 Å². The van der Waals surface area contributed by atoms with Gasteiger partial charge in [-0.3, -0.25) is 8.96 Å². The highest BCUT2D eigenvalue weighted by atomic mass is 32.2. The molecule has 0 spiro atoms. The average Bonchev–Trinajstić information content (AvgIpc) is 3.23. The van der Waals surface area contributed by atoms with Crippen LogP contribution in [0.2, 0.25) is 0 Å². The summed E-state index contributed by atoms with van der Waals surface area (Å²) in [5.74, 6) is -0.533. The molecule has 0 atom stereocenters. The van der Waals surface area contributed by atoms with Crippen LogP contribution in [0.15, 0.2) is 54.1 Å². The van der Waals surface area contributed by atoms with Gasteiger partial charge in [-0.25, -0.2) is 18.7 Å². The van der Waals surface area contributed by atoms with Crippen molar-refractivity contribution in [3.05, 3.63) is 60.8 Å². The molecule has 1 aliphatic rings. The smallest absolute Gasteiger partial charge is 0.161 e. The second-order valence-electron chi connectivity index (χ2n) is 7.92. The van der Waals surface area contributed by atoms with Gasteiger partial charge in [-0.05, 0) is 37.2 Å². The van der Waals surface area contributed by atoms with E-state index < -0.39 is 11.6 Å². The van der Waals surface area contributed by atoms with Crippen molar-refractivity contribution in [2.24, 2.45) is 0 Å². The monoisotopic (exact) mass is 467 g/mol. The number of hydrogen-bond acceptors (Lipinski definition) is 7. The first kappa shape index (κ1) is 21.6. The molecular weight excluding hydrogens is 444 g/mol. The third kappa shape index (κ3) is 4.23. The molecule has 4 aromatic rings. The van der Waals surface area contributed by atoms with E-state index >= 15 is 0 Å². The number of hydrogen-bond donors (Lipinski definition) is 1. The molecule has 33 heavy (non-hydrogen) atoms. The predicted octanol–water partition coefficient (Wildman–Crippen LogP) is 4.12. The molecule has 1 saturated heterocycles. The van der Waals surface area contributed by atoms with Gasteiger partial charge in [0.2, 0.25) is 0 Å². The topological polar surface area (TPSA) is 62.1 Å². The van der Waals surface area contributed by atoms with Crippen LogP contribution in [0, 0.1) is 11.6 Å². The molecule has 1 N–H and O–H groups in total. The minimum Gasteiger partial charge on any atom is -0.386 e. The Balaban J connectivity index is 1.44. The number of fused-ring (bicyclic) bond motifs is 1. The molecule has 0 radical (unpaired) electrons. The maximum atomic E-state index is 14.9. The van der Waals surface area contributed by atoms with Crippen molar-refractivity contribution in [1.82, 2.24) is 23.8 Å². The van der Waals surface area contributed by atoms with Gasteiger partial charge in [0.15, 0.2) is 17.5 Å². The Labute approximate surface area is 194 Å². The molecule has 0 unspecified atom stereocenters. The van der Waals surface area contributed by atoms with Crippen LogP contribution in [-0.2, 0) is 0 Å². The normalized spacial score (nSPS) is 14.7. The van der Waals surface area contributed by atoms with Crippen molar-refractivity contribution in [3.63, 3.8) is 0 Å². The first-order valence-electron chi connectivity index (χ1n) is 10.6. The summed E-state index contributed by atoms with van der Waals surface area (Å²) in [6.07, 6.45) is 8.71. The van der Waals surface area contributed by atoms with E-state index in [2.05, 4.69) is 25.2 Å². The molecule has 1 aromatic carbocycles. The lowest BCUT2D eigenvalue weighted by Gasteiger charge is -2.34. The van der Waals surface area contributed by atoms with E-state index in [9.17, 15) is 8.78 Å². The quantitative estimate of drug-likeness (QED) is 0.474. The Morgan fingerprint density at radius 3 is 2.33 bits per heavy atom. The van der Waals surface area contributed by atoms with E-state index in [0.29, 0.717) is 23.8 Å². The number of pyridine rings is 1. The lowest BCUT2D eigenvalue weighted by Crippen LogP contribution is -2.45. The maximum absolute atomic E-state index is 14.9. The van der Waals surface area contributed by atoms with Crippen molar-refractivity contribution < 1.29 is 8.78 Å². The summed E-state index contributed by atoms with van der Waals surface area (Å²) >= 11 is 1.24. The molecule has 0 aliphatic carbocycles. The van der Waals surface area contributed by atoms with Crippen LogP contribution in [0.25, 0.3) is 22.3 Å². The molecular formula is C23H23F2N7S. The van der Waals surface area contributed by atoms with Crippen molar-refractivity contribution in [2.45, 2.75) is 4.90 Å². The SMILES string of the molecule is CNc1cnc(-c2cncc3c2ccn3Sc2cc(F)c(N3CCN(C)CC3)c(F)c2)nc1. The third-order valence-electron chi connectivity index (χ3n) is 5.78. The first-order valence-corrected chi connectivity index (χ1v) is 11.4. The van der Waals surface area contributed by atoms with Gasteiger partial charge in [-0.2, -0.15) is 0 Å². The van der Waals surface area contributed by atoms with Gasteiger partial charge in [-0.1, -0.05) is 0 Å². The van der Waals surface area contributed by atoms with Crippen LogP contribution in [0.3, 0.4) is 0 Å². The van der Waals surface area contributed by atoms with Crippen molar-refractivity contribution in [3.8, 4) is 11.4 Å². The zero-order valence-corrected chi connectivity index (χ0v) is 19.1. The number of nitrogens with zero attached hydrogens (tertiary/aromatic N) is 6. The molecule has 3 aromatic heterocycles. The van der Waals surface area contributed by atoms with E-state index in [-0.39, 0.29) is 5.69 Å². The van der Waals surface area contributed by atoms with Gasteiger partial charge in [-0.15, -0.1) is 0 Å². The molecule has 4 heterocycles. The zero-order chi connectivity index (χ0) is 22.9. The highest BCUT2D eigenvalue weighted by molar-refractivity contribution is 7.98. The number of piperazine rings is 1. The van der Waals surface area contributed by atoms with Gasteiger partial charge in [0.05, 0.1) is 29.8 Å². The zero-order valence-electron chi connectivity index (χ0n) is 18.3. The Hall–Kier alpha value is -3.24. The lowest BCUT2D eigenvalue weighted by molar-refractivity contribution is 0.310. The second kappa shape index (κ2) is 8.95. The van der Waals surface area contributed by atoms with Crippen LogP contribution >= 0.6 is 11.9 Å². The maximum Gasteiger partial charge on any atom is 0.161 e. The largest absolute Gasteiger partial charge is 0.386 e. The van der Waals surface area contributed by atoms with Gasteiger partial charge < -0.3 is 15.1 Å². The molecule has 0 bridgehead atoms. The fourth-order valence-corrected chi connectivity index (χ4v) is 4.83. The molecule has 1 fully saturated rings. The van der Waals surface area contributed by atoms with E-state index in [1.807, 2.05) is 23.3 Å². The molecule has 170 valence electrons. The van der Waals surface area contributed by atoms with E-state index in [4.69, 9.17) is 0 Å². The molecule has 7 nitrogen and oxygen atoms in total. The molecule has 0 amide bonds. The fraction of sp³-hybridized carbons (Fsp3) is 0.261. The van der Waals surface area contributed by atoms with Crippen LogP contribution in [0.5, 0.6) is 0 Å². The lowest BCUT2D eigenvalue weighted by atomic mass is 10.2. The standard InChI is InChI=1S/C23H23F2N7S/c1-26-15-11-28-23(29-12-15)18-13-27-14-21-17(18)3-4-32(21)33-16-9-19(24)22(20(25)10-16)31-7-5-30(2)6-8-31/h3-4,9-14,26H,5-8H2,1-2H3. The van der Waals surface area contributed by atoms with Gasteiger partial charge in [0.1, 0.15) is 5.69 Å². The van der Waals surface area contributed by atoms with Crippen molar-refractivity contribution in [1.29, 1.82) is 0 Å². The fourth-order valence-electron chi connectivity index (χ4n) is 3.93. The summed E-state index contributed by atoms with van der Waals surface area (Å²) < 4.78 is 31.7. The van der Waals surface area contributed by atoms with E-state index in [0.717, 1.165) is 35.2 Å². The number of halogens is 2. The summed E-state index contributed by atoms with van der Waals surface area (Å²) in [5, 5.41) is 3.90. The van der Waals surface area contributed by atoms with E-state index in [1.165, 1.54) is 24.1 Å². The van der Waals surface area contributed by atoms with Crippen LogP contribution in [0.4, 0.5) is 20.2 Å². The van der Waals surface area contributed by atoms with Gasteiger partial charge in [0.25, 0.3) is 0 Å². The Morgan fingerprint density at radius 2 is 1.67 bits per heavy atom. The molecule has 1 aliphatic heterocycles. The number of aromatic nitrogens is 4. The second-order valence-corrected chi connectivity index (χ2v) is 8.97. The molecule has 10 heteroatoms. The number of likely N-dealkylation sites (N-methyl/N-ethyl adjacent to an activating group) is 1. The van der Waals surface area contributed by atoms with Crippen LogP contribution in [0.1, 0.15) is 0 Å². The van der Waals surface area contributed by atoms with Gasteiger partial charge in [0, 0.05) is 61.5 Å². The van der Waals surface area contributed by atoms with Crippen molar-refractivity contribution in [2.75, 3.05) is 50.5 Å². The highest BCUT2D eigenvalue weighted by Gasteiger charge is 2.22. The molecule has 5 rings (SSSR count). The Bertz CT molecular complexity index is 1260. The highest BCUT2D eigenvalue weighted by Crippen LogP contribution is 2.34. The summed E-state index contributed by atoms with van der Waals surface area (Å²) in [6.45, 7) is 2.76. The minimum atomic E-state index is -0.546. The van der Waals surface area contributed by atoms with E-state index in [1.54, 1.807) is 36.7 Å².